The fourth-order valence-corrected chi connectivity index (χ4v) is 3.70. The van der Waals surface area contributed by atoms with Gasteiger partial charge in [-0.05, 0) is 67.8 Å². The zero-order chi connectivity index (χ0) is 26.3. The third-order valence-electron chi connectivity index (χ3n) is 5.73. The summed E-state index contributed by atoms with van der Waals surface area (Å²) in [7, 11) is 1.36. The molecule has 0 radical (unpaired) electrons. The van der Waals surface area contributed by atoms with Crippen LogP contribution in [0.2, 0.25) is 0 Å². The van der Waals surface area contributed by atoms with Crippen LogP contribution in [0.3, 0.4) is 0 Å². The number of methoxy groups -OCH3 is 1. The van der Waals surface area contributed by atoms with Gasteiger partial charge in [-0.25, -0.2) is 4.39 Å². The Morgan fingerprint density at radius 1 is 1.00 bits per heavy atom. The van der Waals surface area contributed by atoms with Crippen LogP contribution in [0, 0.1) is 12.7 Å². The molecule has 1 atom stereocenters. The molecule has 36 heavy (non-hydrogen) atoms. The molecular formula is C28H28F4O4. The van der Waals surface area contributed by atoms with Gasteiger partial charge < -0.3 is 14.2 Å². The summed E-state index contributed by atoms with van der Waals surface area (Å²) >= 11 is 0. The topological polar surface area (TPSA) is 44.8 Å². The van der Waals surface area contributed by atoms with Gasteiger partial charge in [0.1, 0.15) is 17.3 Å². The molecule has 0 N–H and O–H groups in total. The minimum absolute atomic E-state index is 0.0322. The van der Waals surface area contributed by atoms with Crippen LogP contribution in [-0.4, -0.2) is 25.8 Å². The van der Waals surface area contributed by atoms with Crippen molar-refractivity contribution in [3.05, 3.63) is 83.2 Å². The van der Waals surface area contributed by atoms with Crippen molar-refractivity contribution in [2.24, 2.45) is 0 Å². The Labute approximate surface area is 207 Å². The average molecular weight is 505 g/mol. The van der Waals surface area contributed by atoms with Crippen LogP contribution in [-0.2, 0) is 22.1 Å². The van der Waals surface area contributed by atoms with Crippen molar-refractivity contribution in [2.45, 2.75) is 45.4 Å². The van der Waals surface area contributed by atoms with Crippen LogP contribution in [0.1, 0.15) is 36.5 Å². The summed E-state index contributed by atoms with van der Waals surface area (Å²) in [5, 5.41) is 0. The molecule has 0 heterocycles. The van der Waals surface area contributed by atoms with Crippen molar-refractivity contribution in [2.75, 3.05) is 13.7 Å². The summed E-state index contributed by atoms with van der Waals surface area (Å²) in [6.45, 7) is 4.01. The molecule has 0 amide bonds. The van der Waals surface area contributed by atoms with E-state index >= 15 is 0 Å². The Morgan fingerprint density at radius 3 is 2.42 bits per heavy atom. The van der Waals surface area contributed by atoms with Gasteiger partial charge in [-0.15, -0.1) is 0 Å². The monoisotopic (exact) mass is 504 g/mol. The zero-order valence-electron chi connectivity index (χ0n) is 20.3. The predicted molar refractivity (Wildman–Crippen MR) is 129 cm³/mol. The fraction of sp³-hybridized carbons (Fsp3) is 0.321. The number of carbonyl (C=O) groups is 1. The molecule has 0 aliphatic carbocycles. The average Bonchev–Trinajstić information content (AvgIpc) is 2.83. The van der Waals surface area contributed by atoms with Crippen molar-refractivity contribution < 1.29 is 36.6 Å². The number of hydrogen-bond donors (Lipinski definition) is 0. The smallest absolute Gasteiger partial charge is 0.416 e. The zero-order valence-corrected chi connectivity index (χ0v) is 20.3. The molecule has 0 bridgehead atoms. The Kier molecular flexibility index (Phi) is 8.96. The molecule has 0 aromatic heterocycles. The first kappa shape index (κ1) is 27.0. The normalized spacial score (nSPS) is 12.2. The van der Waals surface area contributed by atoms with Gasteiger partial charge in [-0.2, -0.15) is 13.2 Å². The summed E-state index contributed by atoms with van der Waals surface area (Å²) in [5.74, 6) is -0.0903. The Hall–Kier alpha value is -3.55. The first-order valence-corrected chi connectivity index (χ1v) is 11.5. The second kappa shape index (κ2) is 11.9. The first-order chi connectivity index (χ1) is 17.1. The molecule has 3 aromatic carbocycles. The van der Waals surface area contributed by atoms with Crippen LogP contribution in [0.25, 0.3) is 11.1 Å². The highest BCUT2D eigenvalue weighted by Gasteiger charge is 2.31. The maximum absolute atomic E-state index is 14.4. The highest BCUT2D eigenvalue weighted by atomic mass is 19.4. The number of rotatable bonds is 10. The Bertz CT molecular complexity index is 1190. The molecule has 0 aliphatic rings. The Balaban J connectivity index is 1.65. The number of halogens is 4. The van der Waals surface area contributed by atoms with E-state index in [1.165, 1.54) is 31.4 Å². The molecule has 3 aromatic rings. The highest BCUT2D eigenvalue weighted by Crippen LogP contribution is 2.38. The molecule has 4 nitrogen and oxygen atoms in total. The van der Waals surface area contributed by atoms with E-state index in [2.05, 4.69) is 4.74 Å². The number of carbonyl (C=O) groups excluding carboxylic acids is 1. The van der Waals surface area contributed by atoms with Crippen LogP contribution in [0.4, 0.5) is 17.6 Å². The standard InChI is InChI=1S/C28H28F4O4/c1-18-16-22(11-8-20(18)9-13-27(33)34-3)35-15-14-19(2)36-26-12-10-21(28(30,31)32)17-24(26)23-6-4-5-7-25(23)29/h4-8,10-12,16-17,19H,9,13-15H2,1-3H3/t19-/m1/s1. The van der Waals surface area contributed by atoms with Gasteiger partial charge in [0.15, 0.2) is 0 Å². The van der Waals surface area contributed by atoms with Crippen molar-refractivity contribution in [3.63, 3.8) is 0 Å². The molecule has 192 valence electrons. The summed E-state index contributed by atoms with van der Waals surface area (Å²) in [4.78, 5) is 11.4. The maximum atomic E-state index is 14.4. The molecule has 0 saturated carbocycles. The summed E-state index contributed by atoms with van der Waals surface area (Å²) in [6, 6.07) is 14.3. The lowest BCUT2D eigenvalue weighted by atomic mass is 10.0. The van der Waals surface area contributed by atoms with E-state index in [1.807, 2.05) is 25.1 Å². The van der Waals surface area contributed by atoms with Crippen LogP contribution < -0.4 is 9.47 Å². The predicted octanol–water partition coefficient (Wildman–Crippen LogP) is 7.16. The molecule has 8 heteroatoms. The molecule has 0 saturated heterocycles. The van der Waals surface area contributed by atoms with Crippen LogP contribution in [0.15, 0.2) is 60.7 Å². The van der Waals surface area contributed by atoms with E-state index in [0.29, 0.717) is 31.6 Å². The lowest BCUT2D eigenvalue weighted by Crippen LogP contribution is -2.17. The highest BCUT2D eigenvalue weighted by molar-refractivity contribution is 5.72. The van der Waals surface area contributed by atoms with Crippen molar-refractivity contribution in [1.29, 1.82) is 0 Å². The van der Waals surface area contributed by atoms with Gasteiger partial charge in [0.2, 0.25) is 0 Å². The number of esters is 1. The van der Waals surface area contributed by atoms with Crippen molar-refractivity contribution in [1.82, 2.24) is 0 Å². The molecule has 0 spiro atoms. The van der Waals surface area contributed by atoms with E-state index in [4.69, 9.17) is 9.47 Å². The van der Waals surface area contributed by atoms with Gasteiger partial charge in [-0.1, -0.05) is 24.3 Å². The summed E-state index contributed by atoms with van der Waals surface area (Å²) < 4.78 is 70.6. The molecular weight excluding hydrogens is 476 g/mol. The number of hydrogen-bond acceptors (Lipinski definition) is 4. The third kappa shape index (κ3) is 7.23. The Morgan fingerprint density at radius 2 is 1.75 bits per heavy atom. The van der Waals surface area contributed by atoms with E-state index in [0.717, 1.165) is 23.3 Å². The summed E-state index contributed by atoms with van der Waals surface area (Å²) in [6.07, 6.45) is -3.66. The van der Waals surface area contributed by atoms with Gasteiger partial charge in [0, 0.05) is 24.0 Å². The lowest BCUT2D eigenvalue weighted by molar-refractivity contribution is -0.140. The quantitative estimate of drug-likeness (QED) is 0.217. The second-order valence-electron chi connectivity index (χ2n) is 8.42. The first-order valence-electron chi connectivity index (χ1n) is 11.5. The fourth-order valence-electron chi connectivity index (χ4n) is 3.70. The SMILES string of the molecule is COC(=O)CCc1ccc(OCC[C@@H](C)Oc2ccc(C(F)(F)F)cc2-c2ccccc2F)cc1C. The van der Waals surface area contributed by atoms with Crippen LogP contribution in [0.5, 0.6) is 11.5 Å². The van der Waals surface area contributed by atoms with Crippen LogP contribution >= 0.6 is 0 Å². The van der Waals surface area contributed by atoms with Gasteiger partial charge in [-0.3, -0.25) is 4.79 Å². The largest absolute Gasteiger partial charge is 0.493 e. The lowest BCUT2D eigenvalue weighted by Gasteiger charge is -2.20. The maximum Gasteiger partial charge on any atom is 0.416 e. The van der Waals surface area contributed by atoms with Gasteiger partial charge >= 0.3 is 12.1 Å². The van der Waals surface area contributed by atoms with Gasteiger partial charge in [0.05, 0.1) is 25.4 Å². The number of ether oxygens (including phenoxy) is 3. The molecule has 0 fully saturated rings. The van der Waals surface area contributed by atoms with Crippen molar-refractivity contribution >= 4 is 5.97 Å². The molecule has 0 aliphatic heterocycles. The minimum Gasteiger partial charge on any atom is -0.493 e. The minimum atomic E-state index is -4.56. The number of benzene rings is 3. The summed E-state index contributed by atoms with van der Waals surface area (Å²) in [5.41, 5.74) is 1.19. The van der Waals surface area contributed by atoms with E-state index in [1.54, 1.807) is 13.0 Å². The molecule has 0 unspecified atom stereocenters. The number of alkyl halides is 3. The third-order valence-corrected chi connectivity index (χ3v) is 5.73. The van der Waals surface area contributed by atoms with E-state index in [-0.39, 0.29) is 22.8 Å². The van der Waals surface area contributed by atoms with Crippen molar-refractivity contribution in [3.8, 4) is 22.6 Å². The number of aryl methyl sites for hydroxylation is 2. The molecule has 3 rings (SSSR count). The van der Waals surface area contributed by atoms with E-state index in [9.17, 15) is 22.4 Å². The van der Waals surface area contributed by atoms with E-state index < -0.39 is 23.7 Å². The van der Waals surface area contributed by atoms with Gasteiger partial charge in [0.25, 0.3) is 0 Å². The second-order valence-corrected chi connectivity index (χ2v) is 8.42.